The molecule has 1 saturated heterocycles. The van der Waals surface area contributed by atoms with Gasteiger partial charge in [0.1, 0.15) is 17.4 Å². The first-order valence-corrected chi connectivity index (χ1v) is 19.1. The maximum Gasteiger partial charge on any atom is 0.264 e. The van der Waals surface area contributed by atoms with Crippen LogP contribution in [0.5, 0.6) is 0 Å². The molecule has 5 aromatic rings. The molecule has 278 valence electrons. The van der Waals surface area contributed by atoms with E-state index in [1.807, 2.05) is 42.1 Å². The number of carbonyl (C=O) groups is 4. The molecule has 0 bridgehead atoms. The summed E-state index contributed by atoms with van der Waals surface area (Å²) in [5, 5.41) is 20.0. The molecule has 1 atom stereocenters. The Morgan fingerprint density at radius 2 is 1.69 bits per heavy atom. The predicted octanol–water partition coefficient (Wildman–Crippen LogP) is 6.01. The minimum Gasteiger partial charge on any atom is -0.384 e. The summed E-state index contributed by atoms with van der Waals surface area (Å²) >= 11 is 6.27. The summed E-state index contributed by atoms with van der Waals surface area (Å²) in [5.74, 6) is -0.313. The first kappa shape index (κ1) is 34.8. The molecule has 13 nitrogen and oxygen atoms in total. The van der Waals surface area contributed by atoms with Crippen molar-refractivity contribution in [3.05, 3.63) is 112 Å². The van der Waals surface area contributed by atoms with Gasteiger partial charge in [-0.1, -0.05) is 48.7 Å². The molecule has 2 aromatic heterocycles. The number of benzene rings is 3. The maximum absolute atomic E-state index is 13.4. The van der Waals surface area contributed by atoms with Crippen LogP contribution in [0.15, 0.2) is 78.0 Å². The van der Waals surface area contributed by atoms with Gasteiger partial charge in [0.2, 0.25) is 11.8 Å². The molecule has 55 heavy (non-hydrogen) atoms. The van der Waals surface area contributed by atoms with E-state index in [0.717, 1.165) is 95.3 Å². The lowest BCUT2D eigenvalue weighted by molar-refractivity contribution is -0.136. The van der Waals surface area contributed by atoms with Crippen LogP contribution < -0.4 is 10.6 Å². The lowest BCUT2D eigenvalue weighted by Gasteiger charge is -2.27. The molecule has 3 aliphatic heterocycles. The number of amides is 4. The molecule has 4 amide bonds. The standard InChI is InChI=1S/C41H38ClN9O4/c1-24-47-48-40-41(17-18-41)46-36(25-9-12-28(42)13-10-25)30-21-26(11-14-32(30)50(24)40)27-22-44-49(23-27)20-5-3-2-4-19-43-31-8-6-7-29-35(31)39(55)51(38(29)54)33-15-16-34(52)45-37(33)53/h6-14,21-23,33,43H,2-5,15-20H2,1H3,(H,45,52,53). The van der Waals surface area contributed by atoms with E-state index < -0.39 is 29.7 Å². The zero-order chi connectivity index (χ0) is 37.8. The number of fused-ring (bicyclic) bond motifs is 5. The second kappa shape index (κ2) is 13.7. The van der Waals surface area contributed by atoms with Crippen molar-refractivity contribution >= 4 is 46.6 Å². The number of unbranched alkanes of at least 4 members (excludes halogenated alkanes) is 3. The minimum atomic E-state index is -0.989. The largest absolute Gasteiger partial charge is 0.384 e. The number of aliphatic imine (C=N–C) groups is 1. The highest BCUT2D eigenvalue weighted by atomic mass is 35.5. The van der Waals surface area contributed by atoms with Gasteiger partial charge >= 0.3 is 0 Å². The number of carbonyl (C=O) groups excluding carboxylic acids is 4. The molecule has 9 rings (SSSR count). The summed E-state index contributed by atoms with van der Waals surface area (Å²) in [5.41, 5.74) is 6.75. The van der Waals surface area contributed by atoms with Crippen molar-refractivity contribution in [2.45, 2.75) is 76.4 Å². The fraction of sp³-hybridized carbons (Fsp3) is 0.317. The molecule has 2 N–H and O–H groups in total. The molecule has 0 radical (unpaired) electrons. The summed E-state index contributed by atoms with van der Waals surface area (Å²) in [6.07, 6.45) is 9.84. The molecule has 14 heteroatoms. The van der Waals surface area contributed by atoms with Crippen LogP contribution in [-0.4, -0.2) is 71.4 Å². The topological polar surface area (TPSA) is 156 Å². The fourth-order valence-corrected chi connectivity index (χ4v) is 8.06. The monoisotopic (exact) mass is 755 g/mol. The molecule has 1 aliphatic carbocycles. The molecule has 5 heterocycles. The van der Waals surface area contributed by atoms with E-state index in [1.165, 1.54) is 0 Å². The van der Waals surface area contributed by atoms with Crippen LogP contribution in [0.4, 0.5) is 5.69 Å². The van der Waals surface area contributed by atoms with Crippen LogP contribution in [0.3, 0.4) is 0 Å². The fourth-order valence-electron chi connectivity index (χ4n) is 7.93. The molecule has 1 spiro atoms. The second-order valence-corrected chi connectivity index (χ2v) is 15.1. The average molecular weight is 756 g/mol. The van der Waals surface area contributed by atoms with Crippen LogP contribution in [0.2, 0.25) is 5.02 Å². The first-order chi connectivity index (χ1) is 26.7. The first-order valence-electron chi connectivity index (χ1n) is 18.8. The Morgan fingerprint density at radius 3 is 2.49 bits per heavy atom. The summed E-state index contributed by atoms with van der Waals surface area (Å²) in [6.45, 7) is 3.39. The third-order valence-corrected chi connectivity index (χ3v) is 11.2. The number of halogens is 1. The van der Waals surface area contributed by atoms with Gasteiger partial charge in [0.25, 0.3) is 11.8 Å². The number of hydrogen-bond donors (Lipinski definition) is 2. The van der Waals surface area contributed by atoms with E-state index >= 15 is 0 Å². The Labute approximate surface area is 321 Å². The van der Waals surface area contributed by atoms with Crippen LogP contribution >= 0.6 is 11.6 Å². The van der Waals surface area contributed by atoms with Crippen molar-refractivity contribution < 1.29 is 19.2 Å². The highest BCUT2D eigenvalue weighted by molar-refractivity contribution is 6.30. The van der Waals surface area contributed by atoms with Crippen LogP contribution in [-0.2, 0) is 21.7 Å². The molecule has 4 aliphatic rings. The maximum atomic E-state index is 13.4. The quantitative estimate of drug-likeness (QED) is 0.123. The SMILES string of the molecule is Cc1nnc2n1-c1ccc(-c3cnn(CCCCCCNc4cccc5c4C(=O)N(C4CCC(=O)NC4=O)C5=O)c3)cc1C(c1ccc(Cl)cc1)=NC21CC1. The Hall–Kier alpha value is -5.95. The van der Waals surface area contributed by atoms with E-state index in [0.29, 0.717) is 17.3 Å². The second-order valence-electron chi connectivity index (χ2n) is 14.6. The Morgan fingerprint density at radius 1 is 0.891 bits per heavy atom. The van der Waals surface area contributed by atoms with Gasteiger partial charge in [-0.05, 0) is 81.0 Å². The Balaban J connectivity index is 0.825. The van der Waals surface area contributed by atoms with Gasteiger partial charge in [0.05, 0.1) is 28.7 Å². The number of piperidine rings is 1. The average Bonchev–Trinajstić information content (AvgIpc) is 3.52. The summed E-state index contributed by atoms with van der Waals surface area (Å²) in [4.78, 5) is 56.9. The number of hydrogen-bond acceptors (Lipinski definition) is 9. The van der Waals surface area contributed by atoms with E-state index in [-0.39, 0.29) is 29.5 Å². The van der Waals surface area contributed by atoms with Gasteiger partial charge in [-0.25, -0.2) is 0 Å². The van der Waals surface area contributed by atoms with Crippen LogP contribution in [0, 0.1) is 6.92 Å². The van der Waals surface area contributed by atoms with Crippen LogP contribution in [0.1, 0.15) is 94.9 Å². The Bertz CT molecular complexity index is 2430. The molecule has 1 saturated carbocycles. The third-order valence-electron chi connectivity index (χ3n) is 11.0. The molecular formula is C41H38ClN9O4. The lowest BCUT2D eigenvalue weighted by atomic mass is 9.96. The number of aromatic nitrogens is 5. The lowest BCUT2D eigenvalue weighted by Crippen LogP contribution is -2.54. The number of nitrogens with one attached hydrogen (secondary N) is 2. The summed E-state index contributed by atoms with van der Waals surface area (Å²) in [7, 11) is 0. The van der Waals surface area contributed by atoms with Gasteiger partial charge < -0.3 is 5.32 Å². The molecule has 2 fully saturated rings. The van der Waals surface area contributed by atoms with E-state index in [2.05, 4.69) is 54.9 Å². The van der Waals surface area contributed by atoms with E-state index in [1.54, 1.807) is 18.2 Å². The van der Waals surface area contributed by atoms with Crippen molar-refractivity contribution in [3.63, 3.8) is 0 Å². The minimum absolute atomic E-state index is 0.0834. The zero-order valence-corrected chi connectivity index (χ0v) is 31.0. The summed E-state index contributed by atoms with van der Waals surface area (Å²) in [6, 6.07) is 18.4. The summed E-state index contributed by atoms with van der Waals surface area (Å²) < 4.78 is 4.14. The van der Waals surface area contributed by atoms with Crippen molar-refractivity contribution in [2.75, 3.05) is 11.9 Å². The number of imide groups is 2. The van der Waals surface area contributed by atoms with Crippen molar-refractivity contribution in [1.29, 1.82) is 0 Å². The predicted molar refractivity (Wildman–Crippen MR) is 205 cm³/mol. The van der Waals surface area contributed by atoms with Crippen molar-refractivity contribution in [3.8, 4) is 16.8 Å². The number of rotatable bonds is 11. The van der Waals surface area contributed by atoms with E-state index in [4.69, 9.17) is 16.6 Å². The van der Waals surface area contributed by atoms with Crippen molar-refractivity contribution in [2.24, 2.45) is 4.99 Å². The third kappa shape index (κ3) is 6.21. The van der Waals surface area contributed by atoms with Gasteiger partial charge in [-0.3, -0.25) is 43.6 Å². The van der Waals surface area contributed by atoms with Gasteiger partial charge in [0, 0.05) is 53.1 Å². The highest BCUT2D eigenvalue weighted by Crippen LogP contribution is 2.52. The normalized spacial score (nSPS) is 18.1. The smallest absolute Gasteiger partial charge is 0.264 e. The number of nitrogens with zero attached hydrogens (tertiary/aromatic N) is 7. The Kier molecular flexibility index (Phi) is 8.68. The molecule has 1 unspecified atom stereocenters. The zero-order valence-electron chi connectivity index (χ0n) is 30.2. The molecular weight excluding hydrogens is 718 g/mol. The van der Waals surface area contributed by atoms with E-state index in [9.17, 15) is 19.2 Å². The van der Waals surface area contributed by atoms with Crippen LogP contribution in [0.25, 0.3) is 16.8 Å². The molecule has 3 aromatic carbocycles. The van der Waals surface area contributed by atoms with Gasteiger partial charge in [-0.2, -0.15) is 5.10 Å². The van der Waals surface area contributed by atoms with Gasteiger partial charge in [-0.15, -0.1) is 10.2 Å². The highest BCUT2D eigenvalue weighted by Gasteiger charge is 2.51. The van der Waals surface area contributed by atoms with Crippen molar-refractivity contribution in [1.82, 2.24) is 34.8 Å². The van der Waals surface area contributed by atoms with Gasteiger partial charge in [0.15, 0.2) is 5.82 Å². The number of aryl methyl sites for hydroxylation is 2. The number of anilines is 1.